The summed E-state index contributed by atoms with van der Waals surface area (Å²) in [6.45, 7) is 4.04. The van der Waals surface area contributed by atoms with E-state index in [1.807, 2.05) is 50.2 Å². The Morgan fingerprint density at radius 1 is 1.00 bits per heavy atom. The lowest BCUT2D eigenvalue weighted by molar-refractivity contribution is -0.120. The molecule has 0 radical (unpaired) electrons. The van der Waals surface area contributed by atoms with Gasteiger partial charge in [0.05, 0.1) is 12.3 Å². The van der Waals surface area contributed by atoms with Crippen LogP contribution in [0.4, 0.5) is 5.69 Å². The molecule has 2 rings (SSSR count). The standard InChI is InChI=1S/C20H23ClN2O2/c1-13(2)19(15-6-8-16(21)9-7-15)20(25)23-17-10-4-14(5-11-17)12-18(24)22-3/h4-11,13,19H,12H2,1-3H3,(H,22,24)(H,23,25)/t19-/m0/s1. The maximum absolute atomic E-state index is 12.7. The highest BCUT2D eigenvalue weighted by Crippen LogP contribution is 2.27. The lowest BCUT2D eigenvalue weighted by Crippen LogP contribution is -2.25. The zero-order valence-corrected chi connectivity index (χ0v) is 15.4. The Labute approximate surface area is 153 Å². The fourth-order valence-corrected chi connectivity index (χ4v) is 2.83. The first-order valence-corrected chi connectivity index (χ1v) is 8.64. The van der Waals surface area contributed by atoms with E-state index in [4.69, 9.17) is 11.6 Å². The Bertz CT molecular complexity index is 724. The molecule has 0 aromatic heterocycles. The molecule has 0 heterocycles. The van der Waals surface area contributed by atoms with Gasteiger partial charge in [0, 0.05) is 17.8 Å². The van der Waals surface area contributed by atoms with E-state index >= 15 is 0 Å². The van der Waals surface area contributed by atoms with Gasteiger partial charge >= 0.3 is 0 Å². The van der Waals surface area contributed by atoms with E-state index in [0.29, 0.717) is 17.1 Å². The maximum Gasteiger partial charge on any atom is 0.232 e. The Morgan fingerprint density at radius 2 is 1.60 bits per heavy atom. The zero-order chi connectivity index (χ0) is 18.4. The third-order valence-electron chi connectivity index (χ3n) is 4.04. The topological polar surface area (TPSA) is 58.2 Å². The largest absolute Gasteiger partial charge is 0.359 e. The average molecular weight is 359 g/mol. The minimum absolute atomic E-state index is 0.0422. The molecule has 25 heavy (non-hydrogen) atoms. The molecule has 2 aromatic carbocycles. The minimum atomic E-state index is -0.261. The van der Waals surface area contributed by atoms with E-state index in [0.717, 1.165) is 11.1 Å². The van der Waals surface area contributed by atoms with Crippen molar-refractivity contribution < 1.29 is 9.59 Å². The van der Waals surface area contributed by atoms with Crippen LogP contribution in [0.3, 0.4) is 0 Å². The molecule has 1 atom stereocenters. The third kappa shape index (κ3) is 5.33. The van der Waals surface area contributed by atoms with Crippen LogP contribution in [0.1, 0.15) is 30.9 Å². The molecule has 0 saturated heterocycles. The molecule has 0 fully saturated rings. The van der Waals surface area contributed by atoms with Crippen LogP contribution in [-0.4, -0.2) is 18.9 Å². The Kier molecular flexibility index (Phi) is 6.59. The van der Waals surface area contributed by atoms with Gasteiger partial charge in [0.25, 0.3) is 0 Å². The summed E-state index contributed by atoms with van der Waals surface area (Å²) >= 11 is 5.94. The molecule has 0 saturated carbocycles. The van der Waals surface area contributed by atoms with Gasteiger partial charge in [-0.2, -0.15) is 0 Å². The van der Waals surface area contributed by atoms with E-state index in [-0.39, 0.29) is 23.7 Å². The van der Waals surface area contributed by atoms with E-state index in [9.17, 15) is 9.59 Å². The van der Waals surface area contributed by atoms with E-state index in [1.165, 1.54) is 0 Å². The Hall–Kier alpha value is -2.33. The highest BCUT2D eigenvalue weighted by atomic mass is 35.5. The van der Waals surface area contributed by atoms with E-state index in [1.54, 1.807) is 19.2 Å². The van der Waals surface area contributed by atoms with Crippen molar-refractivity contribution in [2.45, 2.75) is 26.2 Å². The van der Waals surface area contributed by atoms with Crippen molar-refractivity contribution >= 4 is 29.1 Å². The highest BCUT2D eigenvalue weighted by Gasteiger charge is 2.24. The molecule has 0 aliphatic rings. The first kappa shape index (κ1) is 19.0. The minimum Gasteiger partial charge on any atom is -0.359 e. The van der Waals surface area contributed by atoms with Crippen LogP contribution in [0, 0.1) is 5.92 Å². The molecule has 0 aliphatic heterocycles. The number of carbonyl (C=O) groups is 2. The number of anilines is 1. The fraction of sp³-hybridized carbons (Fsp3) is 0.300. The van der Waals surface area contributed by atoms with Crippen molar-refractivity contribution in [3.63, 3.8) is 0 Å². The van der Waals surface area contributed by atoms with Gasteiger partial charge in [0.15, 0.2) is 0 Å². The number of halogens is 1. The van der Waals surface area contributed by atoms with Crippen molar-refractivity contribution in [2.75, 3.05) is 12.4 Å². The van der Waals surface area contributed by atoms with Crippen LogP contribution in [-0.2, 0) is 16.0 Å². The summed E-state index contributed by atoms with van der Waals surface area (Å²) in [5.41, 5.74) is 2.55. The van der Waals surface area contributed by atoms with Crippen molar-refractivity contribution in [3.8, 4) is 0 Å². The molecule has 0 unspecified atom stereocenters. The number of benzene rings is 2. The SMILES string of the molecule is CNC(=O)Cc1ccc(NC(=O)[C@H](c2ccc(Cl)cc2)C(C)C)cc1. The van der Waals surface area contributed by atoms with Crippen molar-refractivity contribution in [1.29, 1.82) is 0 Å². The van der Waals surface area contributed by atoms with Crippen LogP contribution in [0.25, 0.3) is 0 Å². The molecule has 4 nitrogen and oxygen atoms in total. The molecule has 2 N–H and O–H groups in total. The first-order chi connectivity index (χ1) is 11.9. The van der Waals surface area contributed by atoms with Crippen LogP contribution >= 0.6 is 11.6 Å². The molecule has 0 spiro atoms. The van der Waals surface area contributed by atoms with Gasteiger partial charge in [-0.1, -0.05) is 49.7 Å². The number of hydrogen-bond donors (Lipinski definition) is 2. The van der Waals surface area contributed by atoms with Crippen molar-refractivity contribution in [3.05, 3.63) is 64.7 Å². The van der Waals surface area contributed by atoms with Crippen LogP contribution in [0.5, 0.6) is 0 Å². The van der Waals surface area contributed by atoms with Gasteiger partial charge < -0.3 is 10.6 Å². The van der Waals surface area contributed by atoms with Crippen LogP contribution < -0.4 is 10.6 Å². The highest BCUT2D eigenvalue weighted by molar-refractivity contribution is 6.30. The zero-order valence-electron chi connectivity index (χ0n) is 14.7. The van der Waals surface area contributed by atoms with Gasteiger partial charge in [0.2, 0.25) is 11.8 Å². The molecule has 0 aliphatic carbocycles. The van der Waals surface area contributed by atoms with Crippen molar-refractivity contribution in [2.24, 2.45) is 5.92 Å². The molecule has 132 valence electrons. The Balaban J connectivity index is 2.10. The fourth-order valence-electron chi connectivity index (χ4n) is 2.71. The second-order valence-corrected chi connectivity index (χ2v) is 6.75. The number of likely N-dealkylation sites (N-methyl/N-ethyl adjacent to an activating group) is 1. The number of hydrogen-bond acceptors (Lipinski definition) is 2. The Morgan fingerprint density at radius 3 is 2.12 bits per heavy atom. The third-order valence-corrected chi connectivity index (χ3v) is 4.30. The molecule has 5 heteroatoms. The number of carbonyl (C=O) groups excluding carboxylic acids is 2. The summed E-state index contributed by atoms with van der Waals surface area (Å²) in [6, 6.07) is 14.7. The lowest BCUT2D eigenvalue weighted by Gasteiger charge is -2.21. The van der Waals surface area contributed by atoms with Gasteiger partial charge in [-0.15, -0.1) is 0 Å². The summed E-state index contributed by atoms with van der Waals surface area (Å²) in [4.78, 5) is 24.1. The average Bonchev–Trinajstić information content (AvgIpc) is 2.58. The summed E-state index contributed by atoms with van der Waals surface area (Å²) < 4.78 is 0. The summed E-state index contributed by atoms with van der Waals surface area (Å²) in [5.74, 6) is -0.215. The van der Waals surface area contributed by atoms with Crippen LogP contribution in [0.2, 0.25) is 5.02 Å². The van der Waals surface area contributed by atoms with Gasteiger partial charge in [-0.3, -0.25) is 9.59 Å². The second-order valence-electron chi connectivity index (χ2n) is 6.31. The number of amides is 2. The van der Waals surface area contributed by atoms with Gasteiger partial charge in [-0.25, -0.2) is 0 Å². The van der Waals surface area contributed by atoms with E-state index < -0.39 is 0 Å². The number of nitrogens with one attached hydrogen (secondary N) is 2. The summed E-state index contributed by atoms with van der Waals surface area (Å²) in [6.07, 6.45) is 0.324. The molecule has 2 amide bonds. The molecule has 2 aromatic rings. The monoisotopic (exact) mass is 358 g/mol. The molecule has 0 bridgehead atoms. The molecular weight excluding hydrogens is 336 g/mol. The van der Waals surface area contributed by atoms with Gasteiger partial charge in [0.1, 0.15) is 0 Å². The summed E-state index contributed by atoms with van der Waals surface area (Å²) in [7, 11) is 1.61. The van der Waals surface area contributed by atoms with Crippen LogP contribution in [0.15, 0.2) is 48.5 Å². The lowest BCUT2D eigenvalue weighted by atomic mass is 9.87. The maximum atomic E-state index is 12.7. The first-order valence-electron chi connectivity index (χ1n) is 8.26. The quantitative estimate of drug-likeness (QED) is 0.819. The normalized spacial score (nSPS) is 11.9. The smallest absolute Gasteiger partial charge is 0.232 e. The van der Waals surface area contributed by atoms with Crippen molar-refractivity contribution in [1.82, 2.24) is 5.32 Å². The van der Waals surface area contributed by atoms with Gasteiger partial charge in [-0.05, 0) is 41.3 Å². The predicted molar refractivity (Wildman–Crippen MR) is 102 cm³/mol. The predicted octanol–water partition coefficient (Wildman–Crippen LogP) is 4.01. The second kappa shape index (κ2) is 8.67. The summed E-state index contributed by atoms with van der Waals surface area (Å²) in [5, 5.41) is 6.20. The number of rotatable bonds is 6. The molecular formula is C20H23ClN2O2. The van der Waals surface area contributed by atoms with E-state index in [2.05, 4.69) is 10.6 Å².